The van der Waals surface area contributed by atoms with Gasteiger partial charge in [-0.2, -0.15) is 0 Å². The summed E-state index contributed by atoms with van der Waals surface area (Å²) in [5.41, 5.74) is 2.24. The minimum absolute atomic E-state index is 0.0805. The maximum absolute atomic E-state index is 11.9. The Bertz CT molecular complexity index is 752. The molecule has 1 aromatic carbocycles. The highest BCUT2D eigenvalue weighted by Crippen LogP contribution is 2.11. The van der Waals surface area contributed by atoms with Gasteiger partial charge in [0.1, 0.15) is 6.33 Å². The van der Waals surface area contributed by atoms with Crippen molar-refractivity contribution in [1.82, 2.24) is 15.0 Å². The summed E-state index contributed by atoms with van der Waals surface area (Å²) in [5.74, 6) is 0. The second-order valence-electron chi connectivity index (χ2n) is 4.19. The fourth-order valence-corrected chi connectivity index (χ4v) is 1.91. The van der Waals surface area contributed by atoms with E-state index in [4.69, 9.17) is 0 Å². The van der Waals surface area contributed by atoms with Crippen LogP contribution in [0.2, 0.25) is 0 Å². The van der Waals surface area contributed by atoms with Gasteiger partial charge in [-0.05, 0) is 17.5 Å². The molecule has 2 N–H and O–H groups in total. The van der Waals surface area contributed by atoms with E-state index in [-0.39, 0.29) is 5.56 Å². The zero-order valence-corrected chi connectivity index (χ0v) is 10.1. The van der Waals surface area contributed by atoms with Crippen molar-refractivity contribution in [2.45, 2.75) is 6.54 Å². The van der Waals surface area contributed by atoms with Crippen LogP contribution in [0.1, 0.15) is 5.56 Å². The Morgan fingerprint density at radius 1 is 1.16 bits per heavy atom. The topological polar surface area (TPSA) is 70.7 Å². The van der Waals surface area contributed by atoms with Gasteiger partial charge in [0.05, 0.1) is 18.1 Å². The summed E-state index contributed by atoms with van der Waals surface area (Å²) in [6.07, 6.45) is 4.80. The van der Waals surface area contributed by atoms with E-state index in [1.807, 2.05) is 30.3 Å². The number of hydrogen-bond acceptors (Lipinski definition) is 4. The highest BCUT2D eigenvalue weighted by atomic mass is 16.1. The van der Waals surface area contributed by atoms with Gasteiger partial charge in [0.15, 0.2) is 0 Å². The number of nitrogens with zero attached hydrogens (tertiary/aromatic N) is 2. The molecule has 2 aromatic heterocycles. The largest absolute Gasteiger partial charge is 0.378 e. The van der Waals surface area contributed by atoms with Gasteiger partial charge < -0.3 is 10.3 Å². The number of benzene rings is 1. The molecule has 0 aliphatic rings. The highest BCUT2D eigenvalue weighted by molar-refractivity contribution is 5.78. The van der Waals surface area contributed by atoms with Crippen LogP contribution in [-0.4, -0.2) is 15.0 Å². The average Bonchev–Trinajstić information content (AvgIpc) is 2.46. The number of aromatic amines is 1. The average molecular weight is 252 g/mol. The van der Waals surface area contributed by atoms with Crippen molar-refractivity contribution in [2.75, 3.05) is 5.32 Å². The number of rotatable bonds is 3. The lowest BCUT2D eigenvalue weighted by atomic mass is 10.1. The van der Waals surface area contributed by atoms with Gasteiger partial charge in [0.2, 0.25) is 0 Å². The molecule has 0 amide bonds. The lowest BCUT2D eigenvalue weighted by molar-refractivity contribution is 1.07. The smallest absolute Gasteiger partial charge is 0.253 e. The molecule has 0 aliphatic carbocycles. The summed E-state index contributed by atoms with van der Waals surface area (Å²) in [4.78, 5) is 22.6. The highest BCUT2D eigenvalue weighted by Gasteiger charge is 2.02. The molecule has 3 rings (SSSR count). The van der Waals surface area contributed by atoms with Crippen molar-refractivity contribution in [3.8, 4) is 0 Å². The van der Waals surface area contributed by atoms with E-state index < -0.39 is 0 Å². The maximum atomic E-state index is 11.9. The monoisotopic (exact) mass is 252 g/mol. The van der Waals surface area contributed by atoms with Crippen LogP contribution >= 0.6 is 0 Å². The summed E-state index contributed by atoms with van der Waals surface area (Å²) < 4.78 is 0. The molecule has 5 nitrogen and oxygen atoms in total. The molecule has 3 aromatic rings. The first-order valence-corrected chi connectivity index (χ1v) is 5.93. The van der Waals surface area contributed by atoms with Crippen LogP contribution in [0.3, 0.4) is 0 Å². The Morgan fingerprint density at radius 2 is 1.95 bits per heavy atom. The third-order valence-electron chi connectivity index (χ3n) is 2.87. The SMILES string of the molecule is O=c1[nH]c2ccccc2cc1CNc1cncnc1. The summed E-state index contributed by atoms with van der Waals surface area (Å²) >= 11 is 0. The van der Waals surface area contributed by atoms with Gasteiger partial charge in [-0.3, -0.25) is 4.79 Å². The van der Waals surface area contributed by atoms with Crippen molar-refractivity contribution < 1.29 is 0 Å². The zero-order valence-electron chi connectivity index (χ0n) is 10.1. The molecule has 5 heteroatoms. The molecule has 0 fully saturated rings. The lowest BCUT2D eigenvalue weighted by Crippen LogP contribution is -2.15. The number of anilines is 1. The number of hydrogen-bond donors (Lipinski definition) is 2. The first-order valence-electron chi connectivity index (χ1n) is 5.93. The Hall–Kier alpha value is -2.69. The first-order chi connectivity index (χ1) is 9.33. The molecular weight excluding hydrogens is 240 g/mol. The van der Waals surface area contributed by atoms with E-state index >= 15 is 0 Å². The van der Waals surface area contributed by atoms with Crippen LogP contribution in [0.25, 0.3) is 10.9 Å². The minimum Gasteiger partial charge on any atom is -0.378 e. The molecule has 0 atom stereocenters. The Morgan fingerprint density at radius 3 is 2.79 bits per heavy atom. The predicted molar refractivity (Wildman–Crippen MR) is 73.9 cm³/mol. The molecule has 0 saturated heterocycles. The predicted octanol–water partition coefficient (Wildman–Crippen LogP) is 1.93. The molecule has 94 valence electrons. The molecular formula is C14H12N4O. The fourth-order valence-electron chi connectivity index (χ4n) is 1.91. The number of H-pyrrole nitrogens is 1. The normalized spacial score (nSPS) is 10.5. The zero-order chi connectivity index (χ0) is 13.1. The van der Waals surface area contributed by atoms with Gasteiger partial charge in [-0.25, -0.2) is 9.97 Å². The Balaban J connectivity index is 1.89. The van der Waals surface area contributed by atoms with Crippen LogP contribution in [0.5, 0.6) is 0 Å². The molecule has 0 bridgehead atoms. The number of aromatic nitrogens is 3. The van der Waals surface area contributed by atoms with Crippen LogP contribution < -0.4 is 10.9 Å². The van der Waals surface area contributed by atoms with E-state index in [1.165, 1.54) is 6.33 Å². The van der Waals surface area contributed by atoms with Crippen molar-refractivity contribution in [1.29, 1.82) is 0 Å². The van der Waals surface area contributed by atoms with Gasteiger partial charge in [0.25, 0.3) is 5.56 Å². The number of pyridine rings is 1. The van der Waals surface area contributed by atoms with Gasteiger partial charge in [-0.15, -0.1) is 0 Å². The quantitative estimate of drug-likeness (QED) is 0.747. The lowest BCUT2D eigenvalue weighted by Gasteiger charge is -2.06. The minimum atomic E-state index is -0.0805. The molecule has 0 radical (unpaired) electrons. The summed E-state index contributed by atoms with van der Waals surface area (Å²) in [6, 6.07) is 9.60. The van der Waals surface area contributed by atoms with Gasteiger partial charge >= 0.3 is 0 Å². The Labute approximate surface area is 109 Å². The number of nitrogens with one attached hydrogen (secondary N) is 2. The van der Waals surface area contributed by atoms with E-state index in [0.29, 0.717) is 12.1 Å². The van der Waals surface area contributed by atoms with Crippen molar-refractivity contribution in [3.63, 3.8) is 0 Å². The third kappa shape index (κ3) is 2.44. The van der Waals surface area contributed by atoms with Crippen molar-refractivity contribution >= 4 is 16.6 Å². The second kappa shape index (κ2) is 4.89. The van der Waals surface area contributed by atoms with Gasteiger partial charge in [0, 0.05) is 17.6 Å². The standard InChI is InChI=1S/C14H12N4O/c19-14-11(6-17-12-7-15-9-16-8-12)5-10-3-1-2-4-13(10)18-14/h1-5,7-9,17H,6H2,(H,18,19). The molecule has 0 saturated carbocycles. The molecule has 2 heterocycles. The van der Waals surface area contributed by atoms with Crippen molar-refractivity contribution in [3.05, 3.63) is 65.0 Å². The summed E-state index contributed by atoms with van der Waals surface area (Å²) in [6.45, 7) is 0.438. The Kier molecular flexibility index (Phi) is 2.94. The van der Waals surface area contributed by atoms with Gasteiger partial charge in [-0.1, -0.05) is 18.2 Å². The molecule has 0 spiro atoms. The molecule has 0 aliphatic heterocycles. The number of para-hydroxylation sites is 1. The molecule has 19 heavy (non-hydrogen) atoms. The fraction of sp³-hybridized carbons (Fsp3) is 0.0714. The maximum Gasteiger partial charge on any atom is 0.253 e. The summed E-state index contributed by atoms with van der Waals surface area (Å²) in [7, 11) is 0. The van der Waals surface area contributed by atoms with E-state index in [0.717, 1.165) is 16.6 Å². The van der Waals surface area contributed by atoms with E-state index in [1.54, 1.807) is 12.4 Å². The second-order valence-corrected chi connectivity index (χ2v) is 4.19. The van der Waals surface area contributed by atoms with E-state index in [9.17, 15) is 4.79 Å². The van der Waals surface area contributed by atoms with Crippen LogP contribution in [0.15, 0.2) is 53.8 Å². The summed E-state index contributed by atoms with van der Waals surface area (Å²) in [5, 5.41) is 4.14. The van der Waals surface area contributed by atoms with Crippen LogP contribution in [-0.2, 0) is 6.54 Å². The van der Waals surface area contributed by atoms with Crippen LogP contribution in [0, 0.1) is 0 Å². The third-order valence-corrected chi connectivity index (χ3v) is 2.87. The van der Waals surface area contributed by atoms with Crippen LogP contribution in [0.4, 0.5) is 5.69 Å². The van der Waals surface area contributed by atoms with Crippen molar-refractivity contribution in [2.24, 2.45) is 0 Å². The molecule has 0 unspecified atom stereocenters. The van der Waals surface area contributed by atoms with E-state index in [2.05, 4.69) is 20.3 Å². The first kappa shape index (κ1) is 11.4. The number of fused-ring (bicyclic) bond motifs is 1.